The molecule has 1 rings (SSSR count). The Morgan fingerprint density at radius 3 is 2.67 bits per heavy atom. The lowest BCUT2D eigenvalue weighted by Gasteiger charge is -2.25. The molecule has 6 heteroatoms. The second-order valence-electron chi connectivity index (χ2n) is 4.07. The lowest BCUT2D eigenvalue weighted by Crippen LogP contribution is -2.32. The fourth-order valence-corrected chi connectivity index (χ4v) is 3.21. The molecule has 15 heavy (non-hydrogen) atoms. The molecule has 0 bridgehead atoms. The molecule has 0 fully saturated rings. The van der Waals surface area contributed by atoms with Gasteiger partial charge in [0, 0.05) is 12.3 Å². The minimum Gasteiger partial charge on any atom is -0.259 e. The van der Waals surface area contributed by atoms with Crippen molar-refractivity contribution in [3.63, 3.8) is 0 Å². The first-order valence-corrected chi connectivity index (χ1v) is 6.50. The number of nitrogens with zero attached hydrogens (tertiary/aromatic N) is 1. The van der Waals surface area contributed by atoms with Crippen LogP contribution in [0.2, 0.25) is 0 Å². The smallest absolute Gasteiger partial charge is 0.253 e. The number of nitro groups is 1. The number of hydrogen-bond acceptors (Lipinski definition) is 4. The second kappa shape index (κ2) is 3.77. The molecule has 0 N–H and O–H groups in total. The van der Waals surface area contributed by atoms with Gasteiger partial charge in [-0.25, -0.2) is 8.42 Å². The summed E-state index contributed by atoms with van der Waals surface area (Å²) in [6.07, 6.45) is 6.18. The Morgan fingerprint density at radius 1 is 1.60 bits per heavy atom. The summed E-state index contributed by atoms with van der Waals surface area (Å²) in [7, 11) is -3.23. The Balaban J connectivity index is 3.08. The Bertz CT molecular complexity index is 435. The van der Waals surface area contributed by atoms with Crippen LogP contribution in [0.3, 0.4) is 0 Å². The van der Waals surface area contributed by atoms with Gasteiger partial charge in [-0.1, -0.05) is 12.2 Å². The highest BCUT2D eigenvalue weighted by Gasteiger charge is 2.40. The van der Waals surface area contributed by atoms with E-state index < -0.39 is 20.2 Å². The molecule has 0 heterocycles. The van der Waals surface area contributed by atoms with Gasteiger partial charge in [0.15, 0.2) is 0 Å². The van der Waals surface area contributed by atoms with Crippen LogP contribution in [0.1, 0.15) is 13.3 Å². The molecule has 1 aliphatic rings. The summed E-state index contributed by atoms with van der Waals surface area (Å²) >= 11 is 0. The van der Waals surface area contributed by atoms with Crippen LogP contribution in [0.4, 0.5) is 0 Å². The van der Waals surface area contributed by atoms with Crippen LogP contribution < -0.4 is 0 Å². The molecule has 5 nitrogen and oxygen atoms in total. The van der Waals surface area contributed by atoms with Crippen molar-refractivity contribution in [3.8, 4) is 0 Å². The summed E-state index contributed by atoms with van der Waals surface area (Å²) < 4.78 is 22.4. The van der Waals surface area contributed by atoms with Crippen LogP contribution >= 0.6 is 0 Å². The summed E-state index contributed by atoms with van der Waals surface area (Å²) in [5, 5.41) is 10.8. The van der Waals surface area contributed by atoms with Crippen molar-refractivity contribution in [2.24, 2.45) is 5.41 Å². The average Bonchev–Trinajstić information content (AvgIpc) is 1.99. The third kappa shape index (κ3) is 2.89. The molecular weight excluding hydrogens is 218 g/mol. The Labute approximate surface area is 88.6 Å². The first kappa shape index (κ1) is 11.9. The van der Waals surface area contributed by atoms with E-state index in [1.807, 2.05) is 0 Å². The molecule has 0 saturated carbocycles. The molecule has 1 aliphatic carbocycles. The summed E-state index contributed by atoms with van der Waals surface area (Å²) in [6.45, 7) is 1.60. The molecule has 0 radical (unpaired) electrons. The van der Waals surface area contributed by atoms with Crippen molar-refractivity contribution in [2.75, 3.05) is 12.0 Å². The van der Waals surface area contributed by atoms with Crippen LogP contribution in [-0.4, -0.2) is 25.3 Å². The molecule has 84 valence electrons. The predicted molar refractivity (Wildman–Crippen MR) is 56.7 cm³/mol. The SMILES string of the molecule is CC1(CS(C)(=O)=O)CC=CC=C1[N+](=O)[O-]. The van der Waals surface area contributed by atoms with Gasteiger partial charge in [-0.3, -0.25) is 10.1 Å². The zero-order valence-electron chi connectivity index (χ0n) is 8.63. The van der Waals surface area contributed by atoms with Crippen LogP contribution in [0, 0.1) is 15.5 Å². The average molecular weight is 231 g/mol. The topological polar surface area (TPSA) is 77.3 Å². The van der Waals surface area contributed by atoms with E-state index in [0.717, 1.165) is 6.26 Å². The van der Waals surface area contributed by atoms with E-state index in [2.05, 4.69) is 0 Å². The maximum absolute atomic E-state index is 11.2. The van der Waals surface area contributed by atoms with Gasteiger partial charge >= 0.3 is 0 Å². The standard InChI is InChI=1S/C9H13NO4S/c1-9(7-15(2,13)14)6-4-3-5-8(9)10(11)12/h3-5H,6-7H2,1-2H3. The molecule has 0 aromatic heterocycles. The minimum atomic E-state index is -3.23. The molecule has 0 amide bonds. The van der Waals surface area contributed by atoms with Crippen molar-refractivity contribution in [1.82, 2.24) is 0 Å². The number of allylic oxidation sites excluding steroid dienone is 4. The Kier molecular flexibility index (Phi) is 2.99. The highest BCUT2D eigenvalue weighted by molar-refractivity contribution is 7.90. The highest BCUT2D eigenvalue weighted by Crippen LogP contribution is 2.35. The van der Waals surface area contributed by atoms with Gasteiger partial charge in [0.25, 0.3) is 5.70 Å². The molecule has 0 aliphatic heterocycles. The quantitative estimate of drug-likeness (QED) is 0.539. The third-order valence-electron chi connectivity index (χ3n) is 2.35. The fraction of sp³-hybridized carbons (Fsp3) is 0.556. The molecule has 1 atom stereocenters. The van der Waals surface area contributed by atoms with E-state index in [9.17, 15) is 18.5 Å². The summed E-state index contributed by atoms with van der Waals surface area (Å²) in [4.78, 5) is 10.3. The monoisotopic (exact) mass is 231 g/mol. The lowest BCUT2D eigenvalue weighted by molar-refractivity contribution is -0.439. The summed E-state index contributed by atoms with van der Waals surface area (Å²) in [5.74, 6) is -0.197. The van der Waals surface area contributed by atoms with Gasteiger partial charge in [0.2, 0.25) is 0 Å². The maximum atomic E-state index is 11.2. The largest absolute Gasteiger partial charge is 0.259 e. The van der Waals surface area contributed by atoms with Gasteiger partial charge in [0.1, 0.15) is 9.84 Å². The van der Waals surface area contributed by atoms with Gasteiger partial charge < -0.3 is 0 Å². The van der Waals surface area contributed by atoms with Crippen molar-refractivity contribution in [1.29, 1.82) is 0 Å². The van der Waals surface area contributed by atoms with Crippen molar-refractivity contribution in [2.45, 2.75) is 13.3 Å². The maximum Gasteiger partial charge on any atom is 0.253 e. The Morgan fingerprint density at radius 2 is 2.20 bits per heavy atom. The van der Waals surface area contributed by atoms with Gasteiger partial charge in [-0.15, -0.1) is 0 Å². The first-order chi connectivity index (χ1) is 6.75. The van der Waals surface area contributed by atoms with E-state index in [1.54, 1.807) is 19.1 Å². The molecule has 0 spiro atoms. The zero-order valence-corrected chi connectivity index (χ0v) is 9.45. The van der Waals surface area contributed by atoms with Crippen LogP contribution in [0.25, 0.3) is 0 Å². The van der Waals surface area contributed by atoms with Crippen LogP contribution in [0.5, 0.6) is 0 Å². The summed E-state index contributed by atoms with van der Waals surface area (Å²) in [5.41, 5.74) is -0.943. The van der Waals surface area contributed by atoms with Crippen molar-refractivity contribution >= 4 is 9.84 Å². The lowest BCUT2D eigenvalue weighted by atomic mass is 9.82. The van der Waals surface area contributed by atoms with E-state index in [-0.39, 0.29) is 11.4 Å². The second-order valence-corrected chi connectivity index (χ2v) is 6.21. The molecule has 1 unspecified atom stereocenters. The Hall–Kier alpha value is -1.17. The van der Waals surface area contributed by atoms with E-state index in [1.165, 1.54) is 6.08 Å². The van der Waals surface area contributed by atoms with Crippen LogP contribution in [-0.2, 0) is 9.84 Å². The fourth-order valence-electron chi connectivity index (χ4n) is 1.79. The molecule has 0 saturated heterocycles. The van der Waals surface area contributed by atoms with Gasteiger partial charge in [-0.05, 0) is 13.3 Å². The number of hydrogen-bond donors (Lipinski definition) is 0. The van der Waals surface area contributed by atoms with Crippen molar-refractivity contribution in [3.05, 3.63) is 34.0 Å². The predicted octanol–water partition coefficient (Wildman–Crippen LogP) is 1.16. The molecular formula is C9H13NO4S. The van der Waals surface area contributed by atoms with Gasteiger partial charge in [0.05, 0.1) is 16.1 Å². The first-order valence-electron chi connectivity index (χ1n) is 4.44. The van der Waals surface area contributed by atoms with E-state index in [4.69, 9.17) is 0 Å². The number of sulfone groups is 1. The zero-order chi connectivity index (χ0) is 11.7. The summed E-state index contributed by atoms with van der Waals surface area (Å²) in [6, 6.07) is 0. The highest BCUT2D eigenvalue weighted by atomic mass is 32.2. The number of rotatable bonds is 3. The van der Waals surface area contributed by atoms with Crippen molar-refractivity contribution < 1.29 is 13.3 Å². The molecule has 0 aromatic carbocycles. The van der Waals surface area contributed by atoms with Crippen LogP contribution in [0.15, 0.2) is 23.9 Å². The molecule has 0 aromatic rings. The normalized spacial score (nSPS) is 26.1. The minimum absolute atomic E-state index is 0.0320. The van der Waals surface area contributed by atoms with E-state index >= 15 is 0 Å². The van der Waals surface area contributed by atoms with Gasteiger partial charge in [-0.2, -0.15) is 0 Å². The third-order valence-corrected chi connectivity index (χ3v) is 3.52. The van der Waals surface area contributed by atoms with E-state index in [0.29, 0.717) is 6.42 Å².